The molecule has 0 aliphatic heterocycles. The molecule has 19 heavy (non-hydrogen) atoms. The lowest BCUT2D eigenvalue weighted by molar-refractivity contribution is -0.914. The molecule has 0 saturated carbocycles. The predicted octanol–water partition coefficient (Wildman–Crippen LogP) is 1.73. The van der Waals surface area contributed by atoms with Gasteiger partial charge < -0.3 is 21.5 Å². The summed E-state index contributed by atoms with van der Waals surface area (Å²) in [6, 6.07) is 0. The number of quaternary nitrogens is 1. The topological polar surface area (TPSA) is 0 Å². The molecule has 0 spiro atoms. The van der Waals surface area contributed by atoms with Gasteiger partial charge in [-0.25, -0.2) is 0 Å². The maximum absolute atomic E-state index is 3.89. The van der Waals surface area contributed by atoms with Gasteiger partial charge in [0.25, 0.3) is 0 Å². The first-order chi connectivity index (χ1) is 8.49. The SMILES string of the molecule is C=CC[N+](CC)(CC)C/C=C(\C)CCC=C(C)C.[Br-]. The minimum absolute atomic E-state index is 0. The van der Waals surface area contributed by atoms with Crippen LogP contribution in [0.5, 0.6) is 0 Å². The fourth-order valence-corrected chi connectivity index (χ4v) is 2.13. The smallest absolute Gasteiger partial charge is 0.0978 e. The number of allylic oxidation sites excluding steroid dienone is 3. The molecule has 0 rings (SSSR count). The van der Waals surface area contributed by atoms with Crippen LogP contribution < -0.4 is 17.0 Å². The van der Waals surface area contributed by atoms with Gasteiger partial charge in [0.2, 0.25) is 0 Å². The van der Waals surface area contributed by atoms with Crippen LogP contribution in [0.4, 0.5) is 0 Å². The summed E-state index contributed by atoms with van der Waals surface area (Å²) in [5, 5.41) is 0. The van der Waals surface area contributed by atoms with Crippen molar-refractivity contribution in [2.75, 3.05) is 26.2 Å². The van der Waals surface area contributed by atoms with E-state index in [1.807, 2.05) is 0 Å². The molecule has 0 N–H and O–H groups in total. The molecule has 0 unspecified atom stereocenters. The van der Waals surface area contributed by atoms with Crippen LogP contribution in [0, 0.1) is 0 Å². The Balaban J connectivity index is 0. The lowest BCUT2D eigenvalue weighted by Crippen LogP contribution is -3.00. The largest absolute Gasteiger partial charge is 1.00 e. The number of likely N-dealkylation sites (N-methyl/N-ethyl adjacent to an activating group) is 1. The quantitative estimate of drug-likeness (QED) is 0.446. The molecule has 0 aromatic carbocycles. The van der Waals surface area contributed by atoms with Gasteiger partial charge in [0.15, 0.2) is 0 Å². The van der Waals surface area contributed by atoms with Crippen molar-refractivity contribution in [3.05, 3.63) is 36.0 Å². The van der Waals surface area contributed by atoms with Gasteiger partial charge in [-0.05, 0) is 59.6 Å². The van der Waals surface area contributed by atoms with Crippen molar-refractivity contribution in [2.24, 2.45) is 0 Å². The van der Waals surface area contributed by atoms with Gasteiger partial charge in [-0.15, -0.1) is 0 Å². The monoisotopic (exact) mass is 329 g/mol. The summed E-state index contributed by atoms with van der Waals surface area (Å²) in [6.07, 6.45) is 9.16. The molecule has 1 nitrogen and oxygen atoms in total. The van der Waals surface area contributed by atoms with E-state index < -0.39 is 0 Å². The lowest BCUT2D eigenvalue weighted by Gasteiger charge is -2.35. The molecular formula is C17H32BrN. The van der Waals surface area contributed by atoms with Crippen molar-refractivity contribution < 1.29 is 21.5 Å². The van der Waals surface area contributed by atoms with Crippen LogP contribution in [0.2, 0.25) is 0 Å². The number of rotatable bonds is 9. The van der Waals surface area contributed by atoms with Crippen LogP contribution in [-0.2, 0) is 0 Å². The summed E-state index contributed by atoms with van der Waals surface area (Å²) < 4.78 is 1.13. The zero-order valence-corrected chi connectivity index (χ0v) is 15.1. The average molecular weight is 330 g/mol. The lowest BCUT2D eigenvalue weighted by atomic mass is 10.1. The van der Waals surface area contributed by atoms with Crippen LogP contribution in [0.25, 0.3) is 0 Å². The first-order valence-corrected chi connectivity index (χ1v) is 7.24. The van der Waals surface area contributed by atoms with E-state index in [0.29, 0.717) is 0 Å². The molecule has 112 valence electrons. The third-order valence-corrected chi connectivity index (χ3v) is 3.78. The summed E-state index contributed by atoms with van der Waals surface area (Å²) in [6.45, 7) is 19.6. The molecular weight excluding hydrogens is 298 g/mol. The Morgan fingerprint density at radius 2 is 1.58 bits per heavy atom. The zero-order chi connectivity index (χ0) is 14.0. The van der Waals surface area contributed by atoms with Gasteiger partial charge in [0.05, 0.1) is 26.2 Å². The van der Waals surface area contributed by atoms with Crippen molar-refractivity contribution in [3.8, 4) is 0 Å². The minimum Gasteiger partial charge on any atom is -1.00 e. The molecule has 0 aromatic heterocycles. The van der Waals surface area contributed by atoms with Crippen molar-refractivity contribution >= 4 is 0 Å². The average Bonchev–Trinajstić information content (AvgIpc) is 2.34. The molecule has 0 saturated heterocycles. The summed E-state index contributed by atoms with van der Waals surface area (Å²) in [5.74, 6) is 0. The Morgan fingerprint density at radius 3 is 2.00 bits per heavy atom. The normalized spacial score (nSPS) is 11.7. The molecule has 0 amide bonds. The molecule has 0 atom stereocenters. The third-order valence-electron chi connectivity index (χ3n) is 3.78. The summed E-state index contributed by atoms with van der Waals surface area (Å²) in [7, 11) is 0. The second-order valence-electron chi connectivity index (χ2n) is 5.50. The highest BCUT2D eigenvalue weighted by Gasteiger charge is 2.19. The standard InChI is InChI=1S/C17H32N.BrH/c1-7-14-18(8-2,9-3)15-13-17(6)12-10-11-16(4)5;/h7,11,13H,1,8-10,12,14-15H2,2-6H3;1H/q+1;/p-1/b17-13+;. The Morgan fingerprint density at radius 1 is 1.00 bits per heavy atom. The van der Waals surface area contributed by atoms with Crippen molar-refractivity contribution in [1.82, 2.24) is 0 Å². The van der Waals surface area contributed by atoms with Crippen LogP contribution >= 0.6 is 0 Å². The van der Waals surface area contributed by atoms with E-state index in [1.54, 1.807) is 0 Å². The minimum atomic E-state index is 0. The van der Waals surface area contributed by atoms with Crippen molar-refractivity contribution in [1.29, 1.82) is 0 Å². The Hall–Kier alpha value is -0.340. The van der Waals surface area contributed by atoms with Gasteiger partial charge in [-0.2, -0.15) is 0 Å². The van der Waals surface area contributed by atoms with E-state index in [4.69, 9.17) is 0 Å². The maximum Gasteiger partial charge on any atom is 0.0978 e. The van der Waals surface area contributed by atoms with Gasteiger partial charge in [0.1, 0.15) is 0 Å². The van der Waals surface area contributed by atoms with E-state index in [9.17, 15) is 0 Å². The first kappa shape index (κ1) is 21.0. The van der Waals surface area contributed by atoms with E-state index >= 15 is 0 Å². The fourth-order valence-electron chi connectivity index (χ4n) is 2.13. The van der Waals surface area contributed by atoms with Crippen LogP contribution in [-0.4, -0.2) is 30.7 Å². The van der Waals surface area contributed by atoms with Gasteiger partial charge >= 0.3 is 0 Å². The number of hydrogen-bond donors (Lipinski definition) is 0. The second-order valence-corrected chi connectivity index (χ2v) is 5.50. The highest BCUT2D eigenvalue weighted by Crippen LogP contribution is 2.11. The molecule has 0 fully saturated rings. The van der Waals surface area contributed by atoms with Crippen LogP contribution in [0.3, 0.4) is 0 Å². The fraction of sp³-hybridized carbons (Fsp3) is 0.647. The van der Waals surface area contributed by atoms with Crippen molar-refractivity contribution in [3.63, 3.8) is 0 Å². The van der Waals surface area contributed by atoms with Crippen LogP contribution in [0.15, 0.2) is 36.0 Å². The highest BCUT2D eigenvalue weighted by molar-refractivity contribution is 5.02. The Bertz CT molecular complexity index is 294. The summed E-state index contributed by atoms with van der Waals surface area (Å²) in [5.41, 5.74) is 2.93. The molecule has 0 heterocycles. The van der Waals surface area contributed by atoms with Gasteiger partial charge in [-0.1, -0.05) is 23.8 Å². The van der Waals surface area contributed by atoms with Crippen molar-refractivity contribution in [2.45, 2.75) is 47.5 Å². The number of hydrogen-bond acceptors (Lipinski definition) is 0. The number of nitrogens with zero attached hydrogens (tertiary/aromatic N) is 1. The molecule has 0 aromatic rings. The maximum atomic E-state index is 3.89. The van der Waals surface area contributed by atoms with E-state index in [-0.39, 0.29) is 17.0 Å². The van der Waals surface area contributed by atoms with Crippen LogP contribution in [0.1, 0.15) is 47.5 Å². The molecule has 0 bridgehead atoms. The summed E-state index contributed by atoms with van der Waals surface area (Å²) in [4.78, 5) is 0. The predicted molar refractivity (Wildman–Crippen MR) is 83.7 cm³/mol. The zero-order valence-electron chi connectivity index (χ0n) is 13.5. The number of halogens is 1. The molecule has 0 radical (unpaired) electrons. The Kier molecular flexibility index (Phi) is 12.7. The van der Waals surface area contributed by atoms with E-state index in [2.05, 4.69) is 59.4 Å². The summed E-state index contributed by atoms with van der Waals surface area (Å²) >= 11 is 0. The van der Waals surface area contributed by atoms with E-state index in [1.165, 1.54) is 37.1 Å². The highest BCUT2D eigenvalue weighted by atomic mass is 79.9. The van der Waals surface area contributed by atoms with Gasteiger partial charge in [0, 0.05) is 0 Å². The first-order valence-electron chi connectivity index (χ1n) is 7.24. The second kappa shape index (κ2) is 11.5. The molecule has 2 heteroatoms. The van der Waals surface area contributed by atoms with E-state index in [0.717, 1.165) is 17.6 Å². The molecule has 0 aliphatic rings. The van der Waals surface area contributed by atoms with Gasteiger partial charge in [-0.3, -0.25) is 0 Å². The third kappa shape index (κ3) is 9.23. The Labute approximate surface area is 131 Å². The molecule has 0 aliphatic carbocycles.